The lowest BCUT2D eigenvalue weighted by Crippen LogP contribution is -2.29. The first-order valence-corrected chi connectivity index (χ1v) is 9.92. The van der Waals surface area contributed by atoms with Gasteiger partial charge in [-0.2, -0.15) is 0 Å². The number of carbonyl (C=O) groups is 2. The summed E-state index contributed by atoms with van der Waals surface area (Å²) in [5.41, 5.74) is 1.25. The van der Waals surface area contributed by atoms with Crippen LogP contribution in [0.5, 0.6) is 0 Å². The van der Waals surface area contributed by atoms with Crippen molar-refractivity contribution in [1.29, 1.82) is 0 Å². The molecule has 1 saturated heterocycles. The topological polar surface area (TPSA) is 75.2 Å². The number of hydrogen-bond acceptors (Lipinski definition) is 5. The van der Waals surface area contributed by atoms with Crippen LogP contribution in [0.3, 0.4) is 0 Å². The summed E-state index contributed by atoms with van der Waals surface area (Å²) >= 11 is 1.40. The molecule has 2 heterocycles. The molecule has 0 unspecified atom stereocenters. The number of unbranched alkanes of at least 4 members (excludes halogenated alkanes) is 1. The predicted octanol–water partition coefficient (Wildman–Crippen LogP) is 2.91. The van der Waals surface area contributed by atoms with Gasteiger partial charge >= 0.3 is 0 Å². The molecule has 0 saturated carbocycles. The van der Waals surface area contributed by atoms with Crippen molar-refractivity contribution in [2.75, 3.05) is 18.4 Å². The van der Waals surface area contributed by atoms with E-state index in [0.29, 0.717) is 11.7 Å². The Bertz CT molecular complexity index is 747. The average Bonchev–Trinajstić information content (AvgIpc) is 3.25. The molecule has 0 bridgehead atoms. The summed E-state index contributed by atoms with van der Waals surface area (Å²) in [6.07, 6.45) is 3.99. The number of benzene rings is 1. The van der Waals surface area contributed by atoms with Crippen LogP contribution in [-0.2, 0) is 22.4 Å². The van der Waals surface area contributed by atoms with E-state index in [1.807, 2.05) is 18.2 Å². The Labute approximate surface area is 157 Å². The molecule has 7 heteroatoms. The number of anilines is 1. The first-order chi connectivity index (χ1) is 12.7. The molecule has 1 aliphatic heterocycles. The SMILES string of the molecule is CCCCN1C[C@@H](C(=O)Nc2nnc(CCc3ccccc3)s2)CC1=O. The summed E-state index contributed by atoms with van der Waals surface area (Å²) in [4.78, 5) is 26.2. The van der Waals surface area contributed by atoms with E-state index in [4.69, 9.17) is 0 Å². The highest BCUT2D eigenvalue weighted by molar-refractivity contribution is 7.15. The molecule has 1 atom stereocenters. The van der Waals surface area contributed by atoms with Crippen LogP contribution < -0.4 is 5.32 Å². The highest BCUT2D eigenvalue weighted by Gasteiger charge is 2.34. The maximum absolute atomic E-state index is 12.4. The third-order valence-electron chi connectivity index (χ3n) is 4.53. The molecule has 1 N–H and O–H groups in total. The van der Waals surface area contributed by atoms with E-state index in [-0.39, 0.29) is 24.2 Å². The highest BCUT2D eigenvalue weighted by Crippen LogP contribution is 2.22. The maximum Gasteiger partial charge on any atom is 0.231 e. The maximum atomic E-state index is 12.4. The number of aromatic nitrogens is 2. The number of rotatable bonds is 8. The van der Waals surface area contributed by atoms with Crippen molar-refractivity contribution in [2.45, 2.75) is 39.0 Å². The Balaban J connectivity index is 1.49. The number of nitrogens with zero attached hydrogens (tertiary/aromatic N) is 3. The van der Waals surface area contributed by atoms with Crippen molar-refractivity contribution in [3.8, 4) is 0 Å². The Kier molecular flexibility index (Phi) is 6.33. The molecule has 3 rings (SSSR count). The van der Waals surface area contributed by atoms with Crippen molar-refractivity contribution in [3.05, 3.63) is 40.9 Å². The second-order valence-corrected chi connectivity index (χ2v) is 7.63. The van der Waals surface area contributed by atoms with Gasteiger partial charge in [-0.3, -0.25) is 9.59 Å². The van der Waals surface area contributed by atoms with Gasteiger partial charge in [-0.1, -0.05) is 55.0 Å². The van der Waals surface area contributed by atoms with Gasteiger partial charge in [0, 0.05) is 25.9 Å². The minimum atomic E-state index is -0.295. The summed E-state index contributed by atoms with van der Waals surface area (Å²) in [7, 11) is 0. The molecule has 6 nitrogen and oxygen atoms in total. The minimum Gasteiger partial charge on any atom is -0.342 e. The molecule has 0 spiro atoms. The number of amides is 2. The predicted molar refractivity (Wildman–Crippen MR) is 102 cm³/mol. The standard InChI is InChI=1S/C19H24N4O2S/c1-2-3-11-23-13-15(12-17(23)24)18(25)20-19-22-21-16(26-19)10-9-14-7-5-4-6-8-14/h4-8,15H,2-3,9-13H2,1H3,(H,20,22,25)/t15-/m0/s1. The van der Waals surface area contributed by atoms with E-state index in [1.165, 1.54) is 16.9 Å². The lowest BCUT2D eigenvalue weighted by molar-refractivity contribution is -0.128. The summed E-state index contributed by atoms with van der Waals surface area (Å²) in [6.45, 7) is 3.33. The molecule has 2 amide bonds. The Morgan fingerprint density at radius 2 is 2.08 bits per heavy atom. The third-order valence-corrected chi connectivity index (χ3v) is 5.43. The first kappa shape index (κ1) is 18.5. The molecule has 1 aliphatic rings. The van der Waals surface area contributed by atoms with Crippen LogP contribution >= 0.6 is 11.3 Å². The minimum absolute atomic E-state index is 0.0689. The molecule has 0 radical (unpaired) electrons. The Morgan fingerprint density at radius 1 is 1.27 bits per heavy atom. The fourth-order valence-electron chi connectivity index (χ4n) is 3.02. The highest BCUT2D eigenvalue weighted by atomic mass is 32.1. The Morgan fingerprint density at radius 3 is 2.85 bits per heavy atom. The number of hydrogen-bond donors (Lipinski definition) is 1. The van der Waals surface area contributed by atoms with Crippen molar-refractivity contribution in [3.63, 3.8) is 0 Å². The fraction of sp³-hybridized carbons (Fsp3) is 0.474. The monoisotopic (exact) mass is 372 g/mol. The van der Waals surface area contributed by atoms with Crippen LogP contribution in [0, 0.1) is 5.92 Å². The van der Waals surface area contributed by atoms with Gasteiger partial charge in [0.2, 0.25) is 16.9 Å². The van der Waals surface area contributed by atoms with E-state index in [1.54, 1.807) is 4.90 Å². The molecule has 138 valence electrons. The van der Waals surface area contributed by atoms with Crippen LogP contribution in [0.25, 0.3) is 0 Å². The quantitative estimate of drug-likeness (QED) is 0.773. The van der Waals surface area contributed by atoms with Crippen LogP contribution in [-0.4, -0.2) is 40.0 Å². The van der Waals surface area contributed by atoms with Crippen LogP contribution in [0.1, 0.15) is 36.8 Å². The zero-order valence-corrected chi connectivity index (χ0v) is 15.8. The van der Waals surface area contributed by atoms with E-state index in [2.05, 4.69) is 34.6 Å². The second kappa shape index (κ2) is 8.89. The van der Waals surface area contributed by atoms with Crippen LogP contribution in [0.2, 0.25) is 0 Å². The van der Waals surface area contributed by atoms with E-state index < -0.39 is 0 Å². The van der Waals surface area contributed by atoms with Gasteiger partial charge in [-0.25, -0.2) is 0 Å². The first-order valence-electron chi connectivity index (χ1n) is 9.10. The van der Waals surface area contributed by atoms with Crippen molar-refractivity contribution in [2.24, 2.45) is 5.92 Å². The number of carbonyl (C=O) groups excluding carboxylic acids is 2. The van der Waals surface area contributed by atoms with Gasteiger partial charge in [0.25, 0.3) is 0 Å². The molecule has 26 heavy (non-hydrogen) atoms. The zero-order valence-electron chi connectivity index (χ0n) is 15.0. The van der Waals surface area contributed by atoms with Gasteiger partial charge in [0.1, 0.15) is 5.01 Å². The largest absolute Gasteiger partial charge is 0.342 e. The Hall–Kier alpha value is -2.28. The van der Waals surface area contributed by atoms with Crippen LogP contribution in [0.4, 0.5) is 5.13 Å². The average molecular weight is 372 g/mol. The third kappa shape index (κ3) is 4.88. The van der Waals surface area contributed by atoms with Gasteiger partial charge < -0.3 is 10.2 Å². The zero-order chi connectivity index (χ0) is 18.4. The van der Waals surface area contributed by atoms with Gasteiger partial charge in [-0.15, -0.1) is 10.2 Å². The molecular weight excluding hydrogens is 348 g/mol. The van der Waals surface area contributed by atoms with E-state index in [9.17, 15) is 9.59 Å². The van der Waals surface area contributed by atoms with Gasteiger partial charge in [0.05, 0.1) is 5.92 Å². The molecular formula is C19H24N4O2S. The number of nitrogens with one attached hydrogen (secondary N) is 1. The fourth-order valence-corrected chi connectivity index (χ4v) is 3.76. The number of aryl methyl sites for hydroxylation is 2. The summed E-state index contributed by atoms with van der Waals surface area (Å²) in [5, 5.41) is 12.5. The lowest BCUT2D eigenvalue weighted by Gasteiger charge is -2.15. The van der Waals surface area contributed by atoms with E-state index in [0.717, 1.165) is 37.2 Å². The van der Waals surface area contributed by atoms with Crippen LogP contribution in [0.15, 0.2) is 30.3 Å². The smallest absolute Gasteiger partial charge is 0.231 e. The van der Waals surface area contributed by atoms with E-state index >= 15 is 0 Å². The summed E-state index contributed by atoms with van der Waals surface area (Å²) in [5.74, 6) is -0.362. The summed E-state index contributed by atoms with van der Waals surface area (Å²) in [6, 6.07) is 10.2. The molecule has 0 aliphatic carbocycles. The van der Waals surface area contributed by atoms with Crippen molar-refractivity contribution in [1.82, 2.24) is 15.1 Å². The van der Waals surface area contributed by atoms with Crippen molar-refractivity contribution >= 4 is 28.3 Å². The second-order valence-electron chi connectivity index (χ2n) is 6.57. The molecule has 2 aromatic rings. The van der Waals surface area contributed by atoms with Gasteiger partial charge in [0.15, 0.2) is 0 Å². The van der Waals surface area contributed by atoms with Gasteiger partial charge in [-0.05, 0) is 18.4 Å². The lowest BCUT2D eigenvalue weighted by atomic mass is 10.1. The molecule has 1 aromatic carbocycles. The molecule has 1 fully saturated rings. The molecule has 1 aromatic heterocycles. The normalized spacial score (nSPS) is 16.9. The summed E-state index contributed by atoms with van der Waals surface area (Å²) < 4.78 is 0. The number of likely N-dealkylation sites (tertiary alicyclic amines) is 1. The van der Waals surface area contributed by atoms with Crippen molar-refractivity contribution < 1.29 is 9.59 Å².